The van der Waals surface area contributed by atoms with Gasteiger partial charge in [0.1, 0.15) is 5.82 Å². The van der Waals surface area contributed by atoms with Crippen LogP contribution in [0.3, 0.4) is 0 Å². The van der Waals surface area contributed by atoms with Gasteiger partial charge in [-0.05, 0) is 37.5 Å². The maximum Gasteiger partial charge on any atom is 0.244 e. The van der Waals surface area contributed by atoms with Gasteiger partial charge in [-0.15, -0.1) is 5.10 Å². The van der Waals surface area contributed by atoms with Crippen LogP contribution < -0.4 is 10.2 Å². The van der Waals surface area contributed by atoms with Crippen molar-refractivity contribution in [3.8, 4) is 0 Å². The molecule has 1 aromatic heterocycles. The van der Waals surface area contributed by atoms with Crippen LogP contribution in [0.2, 0.25) is 0 Å². The lowest BCUT2D eigenvalue weighted by atomic mass is 10.0. The fourth-order valence-corrected chi connectivity index (χ4v) is 2.73. The first-order valence-electron chi connectivity index (χ1n) is 7.57. The summed E-state index contributed by atoms with van der Waals surface area (Å²) in [6, 6.07) is 7.04. The van der Waals surface area contributed by atoms with Crippen LogP contribution in [0.4, 0.5) is 5.95 Å². The van der Waals surface area contributed by atoms with Crippen LogP contribution in [0.5, 0.6) is 0 Å². The summed E-state index contributed by atoms with van der Waals surface area (Å²) in [6.07, 6.45) is 0.801. The number of benzene rings is 1. The summed E-state index contributed by atoms with van der Waals surface area (Å²) in [6.45, 7) is 9.38. The van der Waals surface area contributed by atoms with Crippen LogP contribution in [0, 0.1) is 13.8 Å². The quantitative estimate of drug-likeness (QED) is 0.903. The Bertz CT molecular complexity index is 619. The highest BCUT2D eigenvalue weighted by Gasteiger charge is 2.19. The molecule has 0 aliphatic carbocycles. The Labute approximate surface area is 125 Å². The van der Waals surface area contributed by atoms with E-state index in [1.165, 1.54) is 16.7 Å². The molecule has 21 heavy (non-hydrogen) atoms. The average molecular weight is 285 g/mol. The molecule has 0 amide bonds. The lowest BCUT2D eigenvalue weighted by Gasteiger charge is -2.30. The SMILES string of the molecule is Cc1ccc(Cc2nc(N3CCNC(C)C3)n[nH]2)cc1C. The number of hydrogen-bond acceptors (Lipinski definition) is 4. The summed E-state index contributed by atoms with van der Waals surface area (Å²) in [5.41, 5.74) is 3.92. The van der Waals surface area contributed by atoms with E-state index < -0.39 is 0 Å². The van der Waals surface area contributed by atoms with Crippen molar-refractivity contribution in [2.24, 2.45) is 0 Å². The van der Waals surface area contributed by atoms with Crippen molar-refractivity contribution in [2.45, 2.75) is 33.2 Å². The molecule has 2 N–H and O–H groups in total. The molecule has 3 rings (SSSR count). The van der Waals surface area contributed by atoms with Crippen LogP contribution in [-0.2, 0) is 6.42 Å². The summed E-state index contributed by atoms with van der Waals surface area (Å²) < 4.78 is 0. The number of nitrogens with zero attached hydrogens (tertiary/aromatic N) is 3. The smallest absolute Gasteiger partial charge is 0.244 e. The van der Waals surface area contributed by atoms with Crippen LogP contribution in [0.25, 0.3) is 0 Å². The minimum Gasteiger partial charge on any atom is -0.337 e. The topological polar surface area (TPSA) is 56.8 Å². The van der Waals surface area contributed by atoms with E-state index in [9.17, 15) is 0 Å². The fourth-order valence-electron chi connectivity index (χ4n) is 2.73. The standard InChI is InChI=1S/C16H23N5/c1-11-4-5-14(8-12(11)2)9-15-18-16(20-19-15)21-7-6-17-13(3)10-21/h4-5,8,13,17H,6-7,9-10H2,1-3H3,(H,18,19,20). The van der Waals surface area contributed by atoms with Gasteiger partial charge < -0.3 is 10.2 Å². The number of anilines is 1. The van der Waals surface area contributed by atoms with Crippen molar-refractivity contribution in [3.63, 3.8) is 0 Å². The molecule has 5 nitrogen and oxygen atoms in total. The summed E-state index contributed by atoms with van der Waals surface area (Å²) in [4.78, 5) is 6.88. The van der Waals surface area contributed by atoms with E-state index in [1.54, 1.807) is 0 Å². The number of H-pyrrole nitrogens is 1. The molecule has 1 unspecified atom stereocenters. The Morgan fingerprint density at radius 2 is 2.14 bits per heavy atom. The van der Waals surface area contributed by atoms with Gasteiger partial charge in [-0.2, -0.15) is 4.98 Å². The van der Waals surface area contributed by atoms with E-state index in [-0.39, 0.29) is 0 Å². The Morgan fingerprint density at radius 3 is 2.90 bits per heavy atom. The normalized spacial score (nSPS) is 19.0. The van der Waals surface area contributed by atoms with Crippen molar-refractivity contribution in [2.75, 3.05) is 24.5 Å². The second-order valence-corrected chi connectivity index (χ2v) is 5.98. The number of rotatable bonds is 3. The number of aromatic nitrogens is 3. The zero-order valence-corrected chi connectivity index (χ0v) is 13.0. The van der Waals surface area contributed by atoms with Gasteiger partial charge in [0.2, 0.25) is 5.95 Å². The molecule has 2 aromatic rings. The molecule has 0 bridgehead atoms. The van der Waals surface area contributed by atoms with Crippen LogP contribution in [0.1, 0.15) is 29.4 Å². The molecular formula is C16H23N5. The van der Waals surface area contributed by atoms with E-state index in [0.717, 1.165) is 37.8 Å². The predicted molar refractivity (Wildman–Crippen MR) is 84.8 cm³/mol. The van der Waals surface area contributed by atoms with Crippen LogP contribution >= 0.6 is 0 Å². The second-order valence-electron chi connectivity index (χ2n) is 5.98. The van der Waals surface area contributed by atoms with Crippen LogP contribution in [0.15, 0.2) is 18.2 Å². The van der Waals surface area contributed by atoms with Gasteiger partial charge in [-0.3, -0.25) is 5.10 Å². The highest BCUT2D eigenvalue weighted by Crippen LogP contribution is 2.15. The Morgan fingerprint density at radius 1 is 1.29 bits per heavy atom. The van der Waals surface area contributed by atoms with Crippen molar-refractivity contribution in [3.05, 3.63) is 40.7 Å². The minimum absolute atomic E-state index is 0.487. The second kappa shape index (κ2) is 5.85. The van der Waals surface area contributed by atoms with Gasteiger partial charge >= 0.3 is 0 Å². The van der Waals surface area contributed by atoms with Gasteiger partial charge in [0.15, 0.2) is 0 Å². The maximum atomic E-state index is 4.65. The lowest BCUT2D eigenvalue weighted by molar-refractivity contribution is 0.480. The molecule has 0 saturated carbocycles. The lowest BCUT2D eigenvalue weighted by Crippen LogP contribution is -2.49. The van der Waals surface area contributed by atoms with E-state index in [1.807, 2.05) is 0 Å². The molecular weight excluding hydrogens is 262 g/mol. The van der Waals surface area contributed by atoms with Crippen molar-refractivity contribution >= 4 is 5.95 Å². The first-order chi connectivity index (χ1) is 10.1. The monoisotopic (exact) mass is 285 g/mol. The third-order valence-corrected chi connectivity index (χ3v) is 4.11. The molecule has 1 aromatic carbocycles. The highest BCUT2D eigenvalue weighted by molar-refractivity contribution is 5.34. The van der Waals surface area contributed by atoms with Gasteiger partial charge in [0.25, 0.3) is 0 Å². The van der Waals surface area contributed by atoms with Crippen molar-refractivity contribution in [1.82, 2.24) is 20.5 Å². The molecule has 2 heterocycles. The van der Waals surface area contributed by atoms with Gasteiger partial charge in [0.05, 0.1) is 0 Å². The number of aromatic amines is 1. The third-order valence-electron chi connectivity index (χ3n) is 4.11. The van der Waals surface area contributed by atoms with Crippen molar-refractivity contribution < 1.29 is 0 Å². The number of piperazine rings is 1. The molecule has 1 aliphatic rings. The first-order valence-corrected chi connectivity index (χ1v) is 7.57. The molecule has 1 saturated heterocycles. The Balaban J connectivity index is 1.71. The summed E-state index contributed by atoms with van der Waals surface area (Å²) in [5, 5.41) is 10.9. The summed E-state index contributed by atoms with van der Waals surface area (Å²) in [5.74, 6) is 1.75. The maximum absolute atomic E-state index is 4.65. The zero-order chi connectivity index (χ0) is 14.8. The molecule has 0 spiro atoms. The third kappa shape index (κ3) is 3.24. The fraction of sp³-hybridized carbons (Fsp3) is 0.500. The average Bonchev–Trinajstić information content (AvgIpc) is 2.91. The van der Waals surface area contributed by atoms with Gasteiger partial charge in [-0.25, -0.2) is 0 Å². The highest BCUT2D eigenvalue weighted by atomic mass is 15.4. The van der Waals surface area contributed by atoms with Gasteiger partial charge in [0, 0.05) is 32.1 Å². The Kier molecular flexibility index (Phi) is 3.92. The molecule has 0 radical (unpaired) electrons. The van der Waals surface area contributed by atoms with E-state index in [4.69, 9.17) is 0 Å². The number of aryl methyl sites for hydroxylation is 2. The molecule has 1 atom stereocenters. The Hall–Kier alpha value is -1.88. The number of nitrogens with one attached hydrogen (secondary N) is 2. The zero-order valence-electron chi connectivity index (χ0n) is 13.0. The molecule has 1 fully saturated rings. The molecule has 1 aliphatic heterocycles. The van der Waals surface area contributed by atoms with E-state index in [2.05, 4.69) is 64.4 Å². The minimum atomic E-state index is 0.487. The van der Waals surface area contributed by atoms with Crippen molar-refractivity contribution in [1.29, 1.82) is 0 Å². The largest absolute Gasteiger partial charge is 0.337 e. The predicted octanol–water partition coefficient (Wildman–Crippen LogP) is 1.81. The van der Waals surface area contributed by atoms with E-state index in [0.29, 0.717) is 6.04 Å². The van der Waals surface area contributed by atoms with Crippen LogP contribution in [-0.4, -0.2) is 40.9 Å². The molecule has 5 heteroatoms. The first kappa shape index (κ1) is 14.1. The van der Waals surface area contributed by atoms with Gasteiger partial charge in [-0.1, -0.05) is 18.2 Å². The number of hydrogen-bond donors (Lipinski definition) is 2. The molecule has 112 valence electrons. The summed E-state index contributed by atoms with van der Waals surface area (Å²) in [7, 11) is 0. The summed E-state index contributed by atoms with van der Waals surface area (Å²) >= 11 is 0. The van der Waals surface area contributed by atoms with E-state index >= 15 is 0 Å².